The van der Waals surface area contributed by atoms with Crippen molar-refractivity contribution in [2.45, 2.75) is 36.6 Å². The highest BCUT2D eigenvalue weighted by molar-refractivity contribution is 7.99. The van der Waals surface area contributed by atoms with Crippen molar-refractivity contribution in [2.75, 3.05) is 5.75 Å². The van der Waals surface area contributed by atoms with Gasteiger partial charge in [-0.2, -0.15) is 0 Å². The van der Waals surface area contributed by atoms with Gasteiger partial charge in [-0.25, -0.2) is 0 Å². The maximum absolute atomic E-state index is 5.85. The van der Waals surface area contributed by atoms with Crippen LogP contribution in [0.5, 0.6) is 0 Å². The van der Waals surface area contributed by atoms with Crippen molar-refractivity contribution in [1.29, 1.82) is 0 Å². The first-order valence-corrected chi connectivity index (χ1v) is 8.56. The third-order valence-corrected chi connectivity index (χ3v) is 5.53. The zero-order valence-corrected chi connectivity index (χ0v) is 13.2. The van der Waals surface area contributed by atoms with E-state index in [-0.39, 0.29) is 6.04 Å². The van der Waals surface area contributed by atoms with E-state index in [4.69, 9.17) is 5.84 Å². The number of nitrogens with one attached hydrogen (secondary N) is 1. The highest BCUT2D eigenvalue weighted by atomic mass is 32.2. The second-order valence-corrected chi connectivity index (χ2v) is 6.66. The highest BCUT2D eigenvalue weighted by Crippen LogP contribution is 2.41. The number of thioether (sulfide) groups is 1. The lowest BCUT2D eigenvalue weighted by Gasteiger charge is -2.23. The second-order valence-electron chi connectivity index (χ2n) is 5.60. The monoisotopic (exact) mass is 298 g/mol. The van der Waals surface area contributed by atoms with Crippen LogP contribution < -0.4 is 11.3 Å². The summed E-state index contributed by atoms with van der Waals surface area (Å²) in [4.78, 5) is 1.41. The summed E-state index contributed by atoms with van der Waals surface area (Å²) >= 11 is 1.94. The first kappa shape index (κ1) is 14.6. The average Bonchev–Trinajstić information content (AvgIpc) is 2.97. The van der Waals surface area contributed by atoms with Crippen molar-refractivity contribution >= 4 is 11.8 Å². The van der Waals surface area contributed by atoms with E-state index in [1.807, 2.05) is 11.8 Å². The van der Waals surface area contributed by atoms with Crippen LogP contribution in [0.25, 0.3) is 0 Å². The van der Waals surface area contributed by atoms with Gasteiger partial charge in [-0.1, -0.05) is 49.4 Å². The van der Waals surface area contributed by atoms with Gasteiger partial charge in [0.1, 0.15) is 0 Å². The van der Waals surface area contributed by atoms with Crippen LogP contribution in [0, 0.1) is 0 Å². The Balaban J connectivity index is 1.76. The van der Waals surface area contributed by atoms with Crippen molar-refractivity contribution in [2.24, 2.45) is 5.84 Å². The first-order chi connectivity index (χ1) is 10.3. The normalized spacial score (nSPS) is 18.5. The van der Waals surface area contributed by atoms with Crippen molar-refractivity contribution in [3.05, 3.63) is 65.2 Å². The Morgan fingerprint density at radius 2 is 1.86 bits per heavy atom. The quantitative estimate of drug-likeness (QED) is 0.655. The lowest BCUT2D eigenvalue weighted by molar-refractivity contribution is 0.463. The minimum atomic E-state index is 0.286. The number of nitrogens with two attached hydrogens (primary N) is 1. The molecule has 1 aliphatic rings. The van der Waals surface area contributed by atoms with E-state index >= 15 is 0 Å². The van der Waals surface area contributed by atoms with Gasteiger partial charge in [-0.05, 0) is 35.6 Å². The van der Waals surface area contributed by atoms with E-state index < -0.39 is 0 Å². The zero-order valence-electron chi connectivity index (χ0n) is 12.4. The van der Waals surface area contributed by atoms with Gasteiger partial charge in [0, 0.05) is 22.6 Å². The number of aryl methyl sites for hydroxylation is 1. The molecule has 3 N–H and O–H groups in total. The molecule has 1 heterocycles. The average molecular weight is 298 g/mol. The Bertz CT molecular complexity index is 594. The maximum Gasteiger partial charge on any atom is 0.0327 e. The summed E-state index contributed by atoms with van der Waals surface area (Å²) in [6.45, 7) is 2.19. The summed E-state index contributed by atoms with van der Waals surface area (Å²) in [5.41, 5.74) is 7.23. The molecule has 0 bridgehead atoms. The molecule has 2 unspecified atom stereocenters. The molecular formula is C18H22N2S. The van der Waals surface area contributed by atoms with Gasteiger partial charge in [0.05, 0.1) is 0 Å². The van der Waals surface area contributed by atoms with Gasteiger partial charge in [0.15, 0.2) is 0 Å². The molecule has 110 valence electrons. The van der Waals surface area contributed by atoms with Crippen molar-refractivity contribution in [3.8, 4) is 0 Å². The van der Waals surface area contributed by atoms with E-state index in [1.54, 1.807) is 0 Å². The fourth-order valence-corrected chi connectivity index (χ4v) is 4.33. The molecule has 0 aromatic heterocycles. The molecule has 0 spiro atoms. The molecule has 0 amide bonds. The summed E-state index contributed by atoms with van der Waals surface area (Å²) in [7, 11) is 0. The molecule has 3 rings (SSSR count). The molecule has 2 atom stereocenters. The fraction of sp³-hybridized carbons (Fsp3) is 0.333. The summed E-state index contributed by atoms with van der Waals surface area (Å²) in [6.07, 6.45) is 2.06. The zero-order chi connectivity index (χ0) is 14.7. The number of benzene rings is 2. The van der Waals surface area contributed by atoms with Gasteiger partial charge < -0.3 is 0 Å². The molecule has 2 nitrogen and oxygen atoms in total. The Morgan fingerprint density at radius 1 is 1.14 bits per heavy atom. The van der Waals surface area contributed by atoms with Gasteiger partial charge in [0.2, 0.25) is 0 Å². The predicted octanol–water partition coefficient (Wildman–Crippen LogP) is 3.51. The summed E-state index contributed by atoms with van der Waals surface area (Å²) in [5, 5.41) is 0. The third-order valence-electron chi connectivity index (χ3n) is 4.32. The number of hydrogen-bond donors (Lipinski definition) is 2. The molecule has 2 aromatic rings. The van der Waals surface area contributed by atoms with Crippen LogP contribution in [0.1, 0.15) is 29.5 Å². The van der Waals surface area contributed by atoms with Gasteiger partial charge in [0.25, 0.3) is 0 Å². The van der Waals surface area contributed by atoms with Crippen molar-refractivity contribution in [1.82, 2.24) is 5.43 Å². The lowest BCUT2D eigenvalue weighted by atomic mass is 9.89. The molecule has 3 heteroatoms. The molecule has 0 fully saturated rings. The Labute approximate surface area is 131 Å². The predicted molar refractivity (Wildman–Crippen MR) is 90.5 cm³/mol. The molecule has 2 aromatic carbocycles. The maximum atomic E-state index is 5.85. The van der Waals surface area contributed by atoms with E-state index in [2.05, 4.69) is 60.9 Å². The number of fused-ring (bicyclic) bond motifs is 1. The molecule has 0 radical (unpaired) electrons. The largest absolute Gasteiger partial charge is 0.271 e. The van der Waals surface area contributed by atoms with Crippen LogP contribution in [0.4, 0.5) is 0 Å². The van der Waals surface area contributed by atoms with E-state index in [0.29, 0.717) is 5.92 Å². The fourth-order valence-electron chi connectivity index (χ4n) is 3.00. The molecular weight excluding hydrogens is 276 g/mol. The number of hydrogen-bond acceptors (Lipinski definition) is 3. The highest BCUT2D eigenvalue weighted by Gasteiger charge is 2.29. The lowest BCUT2D eigenvalue weighted by Crippen LogP contribution is -2.41. The minimum Gasteiger partial charge on any atom is -0.271 e. The van der Waals surface area contributed by atoms with Crippen LogP contribution in [0.2, 0.25) is 0 Å². The van der Waals surface area contributed by atoms with Crippen molar-refractivity contribution in [3.63, 3.8) is 0 Å². The molecule has 0 saturated carbocycles. The van der Waals surface area contributed by atoms with Crippen LogP contribution in [-0.2, 0) is 12.8 Å². The van der Waals surface area contributed by atoms with Crippen molar-refractivity contribution < 1.29 is 0 Å². The van der Waals surface area contributed by atoms with Crippen LogP contribution in [-0.4, -0.2) is 11.8 Å². The van der Waals surface area contributed by atoms with E-state index in [9.17, 15) is 0 Å². The second kappa shape index (κ2) is 6.65. The third kappa shape index (κ3) is 3.15. The van der Waals surface area contributed by atoms with Gasteiger partial charge in [-0.15, -0.1) is 11.8 Å². The Hall–Kier alpha value is -1.29. The number of hydrazine groups is 1. The van der Waals surface area contributed by atoms with Crippen LogP contribution >= 0.6 is 11.8 Å². The van der Waals surface area contributed by atoms with Gasteiger partial charge >= 0.3 is 0 Å². The topological polar surface area (TPSA) is 38.0 Å². The Kier molecular flexibility index (Phi) is 4.63. The summed E-state index contributed by atoms with van der Waals surface area (Å²) < 4.78 is 0. The van der Waals surface area contributed by atoms with Crippen LogP contribution in [0.3, 0.4) is 0 Å². The summed E-state index contributed by atoms with van der Waals surface area (Å²) in [5.74, 6) is 7.45. The SMILES string of the molecule is CCc1ccc(CC(NN)C2CSc3ccccc32)cc1. The smallest absolute Gasteiger partial charge is 0.0327 e. The standard InChI is InChI=1S/C18H22N2S/c1-2-13-7-9-14(10-8-13)11-17(20-19)16-12-21-18-6-4-3-5-15(16)18/h3-10,16-17,20H,2,11-12,19H2,1H3. The molecule has 0 aliphatic carbocycles. The van der Waals surface area contributed by atoms with Gasteiger partial charge in [-0.3, -0.25) is 11.3 Å². The van der Waals surface area contributed by atoms with Crippen LogP contribution in [0.15, 0.2) is 53.4 Å². The summed E-state index contributed by atoms with van der Waals surface area (Å²) in [6, 6.07) is 17.9. The van der Waals surface area contributed by atoms with E-state index in [0.717, 1.165) is 18.6 Å². The molecule has 0 saturated heterocycles. The molecule has 1 aliphatic heterocycles. The molecule has 21 heavy (non-hydrogen) atoms. The Morgan fingerprint density at radius 3 is 2.57 bits per heavy atom. The van der Waals surface area contributed by atoms with E-state index in [1.165, 1.54) is 21.6 Å². The number of rotatable bonds is 5. The minimum absolute atomic E-state index is 0.286. The first-order valence-electron chi connectivity index (χ1n) is 7.57.